The molecule has 154 valence electrons. The predicted octanol–water partition coefficient (Wildman–Crippen LogP) is 4.35. The molecule has 2 aromatic rings. The highest BCUT2D eigenvalue weighted by atomic mass is 16.7. The highest BCUT2D eigenvalue weighted by Crippen LogP contribution is 2.32. The van der Waals surface area contributed by atoms with Gasteiger partial charge in [0.1, 0.15) is 5.75 Å². The van der Waals surface area contributed by atoms with Crippen LogP contribution < -0.4 is 19.6 Å². The molecular weight excluding hydrogens is 368 g/mol. The van der Waals surface area contributed by atoms with E-state index in [1.807, 2.05) is 44.2 Å². The van der Waals surface area contributed by atoms with E-state index >= 15 is 0 Å². The van der Waals surface area contributed by atoms with Crippen molar-refractivity contribution < 1.29 is 19.0 Å². The lowest BCUT2D eigenvalue weighted by molar-refractivity contribution is -0.123. The maximum absolute atomic E-state index is 12.1. The number of carbonyl (C=O) groups excluding carboxylic acids is 1. The first-order chi connectivity index (χ1) is 13.9. The van der Waals surface area contributed by atoms with E-state index in [-0.39, 0.29) is 19.3 Å². The van der Waals surface area contributed by atoms with Crippen molar-refractivity contribution in [3.8, 4) is 17.2 Å². The van der Waals surface area contributed by atoms with Gasteiger partial charge in [0.25, 0.3) is 5.91 Å². The fraction of sp³-hybridized carbons (Fsp3) is 0.391. The van der Waals surface area contributed by atoms with Crippen LogP contribution in [0.15, 0.2) is 41.5 Å². The molecule has 29 heavy (non-hydrogen) atoms. The minimum Gasteiger partial charge on any atom is -0.483 e. The SMILES string of the molecule is C/C(CCc1ccc2c(c1)OCO2)=N\NC(=O)COc1ccc(C)cc1C(C)C. The van der Waals surface area contributed by atoms with Crippen LogP contribution in [0.1, 0.15) is 49.8 Å². The van der Waals surface area contributed by atoms with Gasteiger partial charge >= 0.3 is 0 Å². The van der Waals surface area contributed by atoms with Crippen molar-refractivity contribution in [1.82, 2.24) is 5.43 Å². The molecule has 0 bridgehead atoms. The van der Waals surface area contributed by atoms with Gasteiger partial charge in [-0.1, -0.05) is 37.6 Å². The van der Waals surface area contributed by atoms with Gasteiger partial charge in [0.05, 0.1) is 0 Å². The third-order valence-corrected chi connectivity index (χ3v) is 4.73. The Morgan fingerprint density at radius 2 is 1.97 bits per heavy atom. The Kier molecular flexibility index (Phi) is 6.75. The molecule has 1 aliphatic heterocycles. The molecule has 1 N–H and O–H groups in total. The van der Waals surface area contributed by atoms with E-state index in [1.165, 1.54) is 5.56 Å². The molecule has 1 aliphatic rings. The first kappa shape index (κ1) is 20.7. The molecule has 0 fully saturated rings. The van der Waals surface area contributed by atoms with Gasteiger partial charge in [-0.05, 0) is 61.9 Å². The largest absolute Gasteiger partial charge is 0.483 e. The summed E-state index contributed by atoms with van der Waals surface area (Å²) in [4.78, 5) is 12.1. The molecule has 3 rings (SSSR count). The van der Waals surface area contributed by atoms with Crippen LogP contribution in [0.5, 0.6) is 17.2 Å². The van der Waals surface area contributed by atoms with Crippen LogP contribution in [-0.2, 0) is 11.2 Å². The number of fused-ring (bicyclic) bond motifs is 1. The summed E-state index contributed by atoms with van der Waals surface area (Å²) in [6.45, 7) is 8.36. The van der Waals surface area contributed by atoms with Gasteiger partial charge in [-0.25, -0.2) is 5.43 Å². The average molecular weight is 396 g/mol. The molecule has 6 nitrogen and oxygen atoms in total. The van der Waals surface area contributed by atoms with Gasteiger partial charge in [0.2, 0.25) is 6.79 Å². The number of rotatable bonds is 8. The van der Waals surface area contributed by atoms with Gasteiger partial charge in [-0.3, -0.25) is 4.79 Å². The van der Waals surface area contributed by atoms with E-state index in [1.54, 1.807) is 0 Å². The fourth-order valence-electron chi connectivity index (χ4n) is 3.06. The summed E-state index contributed by atoms with van der Waals surface area (Å²) in [6.07, 6.45) is 1.54. The van der Waals surface area contributed by atoms with E-state index < -0.39 is 0 Å². The Bertz CT molecular complexity index is 906. The Morgan fingerprint density at radius 1 is 1.17 bits per heavy atom. The second kappa shape index (κ2) is 9.45. The summed E-state index contributed by atoms with van der Waals surface area (Å²) in [5.41, 5.74) is 6.82. The quantitative estimate of drug-likeness (QED) is 0.532. The van der Waals surface area contributed by atoms with Crippen LogP contribution in [0.25, 0.3) is 0 Å². The molecule has 0 atom stereocenters. The van der Waals surface area contributed by atoms with Crippen molar-refractivity contribution in [1.29, 1.82) is 0 Å². The summed E-state index contributed by atoms with van der Waals surface area (Å²) >= 11 is 0. The second-order valence-electron chi connectivity index (χ2n) is 7.55. The number of benzene rings is 2. The first-order valence-electron chi connectivity index (χ1n) is 9.86. The molecule has 0 unspecified atom stereocenters. The number of carbonyl (C=O) groups is 1. The van der Waals surface area contributed by atoms with E-state index in [0.717, 1.165) is 46.9 Å². The average Bonchev–Trinajstić information content (AvgIpc) is 3.17. The maximum atomic E-state index is 12.1. The summed E-state index contributed by atoms with van der Waals surface area (Å²) in [7, 11) is 0. The van der Waals surface area contributed by atoms with Crippen LogP contribution in [0.2, 0.25) is 0 Å². The van der Waals surface area contributed by atoms with Crippen LogP contribution >= 0.6 is 0 Å². The minimum absolute atomic E-state index is 0.0677. The Balaban J connectivity index is 1.46. The second-order valence-corrected chi connectivity index (χ2v) is 7.55. The van der Waals surface area contributed by atoms with Crippen molar-refractivity contribution in [2.24, 2.45) is 5.10 Å². The molecule has 0 aliphatic carbocycles. The van der Waals surface area contributed by atoms with Crippen molar-refractivity contribution in [3.05, 3.63) is 53.1 Å². The lowest BCUT2D eigenvalue weighted by Crippen LogP contribution is -2.25. The smallest absolute Gasteiger partial charge is 0.277 e. The summed E-state index contributed by atoms with van der Waals surface area (Å²) in [5.74, 6) is 2.34. The molecule has 1 heterocycles. The summed E-state index contributed by atoms with van der Waals surface area (Å²) in [5, 5.41) is 4.18. The third-order valence-electron chi connectivity index (χ3n) is 4.73. The monoisotopic (exact) mass is 396 g/mol. The standard InChI is InChI=1S/C23H28N2O4/c1-15(2)19-11-16(3)5-9-20(19)27-13-23(26)25-24-17(4)6-7-18-8-10-21-22(12-18)29-14-28-21/h5,8-12,15H,6-7,13-14H2,1-4H3,(H,25,26)/b24-17+. The molecule has 0 spiro atoms. The molecule has 0 radical (unpaired) electrons. The van der Waals surface area contributed by atoms with Crippen molar-refractivity contribution in [2.45, 2.75) is 46.5 Å². The fourth-order valence-corrected chi connectivity index (χ4v) is 3.06. The number of ether oxygens (including phenoxy) is 3. The van der Waals surface area contributed by atoms with Gasteiger partial charge < -0.3 is 14.2 Å². The number of nitrogens with one attached hydrogen (secondary N) is 1. The summed E-state index contributed by atoms with van der Waals surface area (Å²) < 4.78 is 16.4. The van der Waals surface area contributed by atoms with Gasteiger partial charge in [-0.15, -0.1) is 0 Å². The Hall–Kier alpha value is -3.02. The number of aryl methyl sites for hydroxylation is 2. The first-order valence-corrected chi connectivity index (χ1v) is 9.86. The zero-order chi connectivity index (χ0) is 20.8. The third kappa shape index (κ3) is 5.73. The topological polar surface area (TPSA) is 69.2 Å². The molecule has 0 aromatic heterocycles. The molecule has 1 amide bonds. The number of hydrazone groups is 1. The predicted molar refractivity (Wildman–Crippen MR) is 113 cm³/mol. The van der Waals surface area contributed by atoms with Crippen molar-refractivity contribution in [3.63, 3.8) is 0 Å². The van der Waals surface area contributed by atoms with Crippen LogP contribution in [0.3, 0.4) is 0 Å². The van der Waals surface area contributed by atoms with E-state index in [9.17, 15) is 4.79 Å². The number of hydrogen-bond acceptors (Lipinski definition) is 5. The van der Waals surface area contributed by atoms with Crippen molar-refractivity contribution >= 4 is 11.6 Å². The molecular formula is C23H28N2O4. The highest BCUT2D eigenvalue weighted by Gasteiger charge is 2.13. The Morgan fingerprint density at radius 3 is 2.76 bits per heavy atom. The van der Waals surface area contributed by atoms with Gasteiger partial charge in [0, 0.05) is 5.71 Å². The summed E-state index contributed by atoms with van der Waals surface area (Å²) in [6, 6.07) is 11.9. The molecule has 6 heteroatoms. The maximum Gasteiger partial charge on any atom is 0.277 e. The van der Waals surface area contributed by atoms with E-state index in [4.69, 9.17) is 14.2 Å². The number of hydrogen-bond donors (Lipinski definition) is 1. The van der Waals surface area contributed by atoms with E-state index in [2.05, 4.69) is 30.4 Å². The number of amides is 1. The zero-order valence-electron chi connectivity index (χ0n) is 17.5. The van der Waals surface area contributed by atoms with Crippen LogP contribution in [0.4, 0.5) is 0 Å². The molecule has 0 saturated carbocycles. The van der Waals surface area contributed by atoms with E-state index in [0.29, 0.717) is 5.92 Å². The lowest BCUT2D eigenvalue weighted by Gasteiger charge is -2.14. The molecule has 2 aromatic carbocycles. The Labute approximate surface area is 171 Å². The van der Waals surface area contributed by atoms with Crippen LogP contribution in [-0.4, -0.2) is 25.0 Å². The number of nitrogens with zero attached hydrogens (tertiary/aromatic N) is 1. The van der Waals surface area contributed by atoms with Crippen molar-refractivity contribution in [2.75, 3.05) is 13.4 Å². The van der Waals surface area contributed by atoms with Gasteiger partial charge in [0.15, 0.2) is 18.1 Å². The normalized spacial score (nSPS) is 12.9. The highest BCUT2D eigenvalue weighted by molar-refractivity contribution is 5.85. The zero-order valence-corrected chi connectivity index (χ0v) is 17.5. The minimum atomic E-state index is -0.275. The van der Waals surface area contributed by atoms with Crippen LogP contribution in [0, 0.1) is 6.92 Å². The molecule has 0 saturated heterocycles. The van der Waals surface area contributed by atoms with Gasteiger partial charge in [-0.2, -0.15) is 5.10 Å². The lowest BCUT2D eigenvalue weighted by atomic mass is 10.00.